The number of nitrogens with zero attached hydrogens (tertiary/aromatic N) is 2. The van der Waals surface area contributed by atoms with E-state index in [9.17, 15) is 4.79 Å². The number of benzene rings is 1. The number of aromatic nitrogens is 1. The first-order valence-corrected chi connectivity index (χ1v) is 9.30. The zero-order chi connectivity index (χ0) is 18.4. The number of aryl methyl sites for hydroxylation is 1. The van der Waals surface area contributed by atoms with Gasteiger partial charge in [0, 0.05) is 18.4 Å². The molecule has 0 unspecified atom stereocenters. The number of piperidine rings is 1. The number of pyridine rings is 1. The first-order valence-electron chi connectivity index (χ1n) is 9.30. The highest BCUT2D eigenvalue weighted by molar-refractivity contribution is 5.79. The molecule has 1 amide bonds. The lowest BCUT2D eigenvalue weighted by Crippen LogP contribution is -2.46. The van der Waals surface area contributed by atoms with Gasteiger partial charge in [-0.3, -0.25) is 14.7 Å². The molecule has 2 N–H and O–H groups in total. The van der Waals surface area contributed by atoms with Crippen molar-refractivity contribution >= 4 is 5.91 Å². The fourth-order valence-electron chi connectivity index (χ4n) is 3.48. The predicted octanol–water partition coefficient (Wildman–Crippen LogP) is 2.28. The van der Waals surface area contributed by atoms with Crippen molar-refractivity contribution in [3.05, 3.63) is 65.5 Å². The van der Waals surface area contributed by atoms with Crippen molar-refractivity contribution in [1.29, 1.82) is 0 Å². The molecular formula is C21H28N4O. The molecule has 1 aromatic carbocycles. The Hall–Kier alpha value is -2.24. The molecule has 26 heavy (non-hydrogen) atoms. The topological polar surface area (TPSA) is 57.3 Å². The van der Waals surface area contributed by atoms with Crippen LogP contribution < -0.4 is 10.6 Å². The van der Waals surface area contributed by atoms with Crippen LogP contribution in [0.5, 0.6) is 0 Å². The minimum absolute atomic E-state index is 0.0495. The van der Waals surface area contributed by atoms with Gasteiger partial charge in [0.05, 0.1) is 12.6 Å². The van der Waals surface area contributed by atoms with E-state index >= 15 is 0 Å². The van der Waals surface area contributed by atoms with E-state index in [2.05, 4.69) is 51.7 Å². The molecule has 1 atom stereocenters. The van der Waals surface area contributed by atoms with Crippen LogP contribution in [0.3, 0.4) is 0 Å². The van der Waals surface area contributed by atoms with Crippen LogP contribution in [0.25, 0.3) is 0 Å². The number of rotatable bonds is 6. The smallest absolute Gasteiger partial charge is 0.234 e. The number of carbonyl (C=O) groups excluding carboxylic acids is 1. The molecule has 1 fully saturated rings. The molecule has 5 heteroatoms. The van der Waals surface area contributed by atoms with Gasteiger partial charge in [0.1, 0.15) is 0 Å². The second-order valence-corrected chi connectivity index (χ2v) is 7.09. The molecule has 5 nitrogen and oxygen atoms in total. The second kappa shape index (κ2) is 8.92. The van der Waals surface area contributed by atoms with E-state index in [0.717, 1.165) is 37.1 Å². The summed E-state index contributed by atoms with van der Waals surface area (Å²) in [4.78, 5) is 19.0. The Kier molecular flexibility index (Phi) is 6.36. The van der Waals surface area contributed by atoms with E-state index in [-0.39, 0.29) is 11.9 Å². The van der Waals surface area contributed by atoms with E-state index in [1.165, 1.54) is 5.56 Å². The molecule has 0 saturated carbocycles. The van der Waals surface area contributed by atoms with E-state index in [1.54, 1.807) is 12.4 Å². The summed E-state index contributed by atoms with van der Waals surface area (Å²) in [7, 11) is 2.04. The van der Waals surface area contributed by atoms with E-state index in [4.69, 9.17) is 0 Å². The van der Waals surface area contributed by atoms with Crippen molar-refractivity contribution in [3.63, 3.8) is 0 Å². The third kappa shape index (κ3) is 4.90. The largest absolute Gasteiger partial charge is 0.344 e. The lowest BCUT2D eigenvalue weighted by atomic mass is 9.98. The quantitative estimate of drug-likeness (QED) is 0.837. The molecule has 0 bridgehead atoms. The molecule has 1 aliphatic heterocycles. The Labute approximate surface area is 155 Å². The molecule has 2 heterocycles. The first-order chi connectivity index (χ1) is 12.6. The molecular weight excluding hydrogens is 324 g/mol. The molecule has 138 valence electrons. The summed E-state index contributed by atoms with van der Waals surface area (Å²) in [6, 6.07) is 12.6. The number of carbonyl (C=O) groups is 1. The fourth-order valence-corrected chi connectivity index (χ4v) is 3.48. The highest BCUT2D eigenvalue weighted by Gasteiger charge is 2.22. The van der Waals surface area contributed by atoms with Crippen molar-refractivity contribution in [2.45, 2.75) is 31.8 Å². The molecule has 3 rings (SSSR count). The van der Waals surface area contributed by atoms with Gasteiger partial charge in [-0.25, -0.2) is 0 Å². The number of likely N-dealkylation sites (N-methyl/N-ethyl adjacent to an activating group) is 1. The Morgan fingerprint density at radius 2 is 1.77 bits per heavy atom. The number of amides is 1. The van der Waals surface area contributed by atoms with Crippen molar-refractivity contribution in [2.75, 3.05) is 26.7 Å². The molecule has 0 aliphatic carbocycles. The normalized spacial score (nSPS) is 16.4. The number of nitrogens with one attached hydrogen (secondary N) is 2. The molecule has 0 radical (unpaired) electrons. The van der Waals surface area contributed by atoms with Gasteiger partial charge in [0.15, 0.2) is 0 Å². The van der Waals surface area contributed by atoms with Crippen LogP contribution >= 0.6 is 0 Å². The maximum Gasteiger partial charge on any atom is 0.234 e. The van der Waals surface area contributed by atoms with Gasteiger partial charge in [-0.15, -0.1) is 0 Å². The van der Waals surface area contributed by atoms with Crippen LogP contribution in [0.2, 0.25) is 0 Å². The molecule has 1 saturated heterocycles. The lowest BCUT2D eigenvalue weighted by Gasteiger charge is -2.31. The van der Waals surface area contributed by atoms with Gasteiger partial charge in [-0.2, -0.15) is 0 Å². The summed E-state index contributed by atoms with van der Waals surface area (Å²) in [5.41, 5.74) is 3.33. The minimum atomic E-state index is -0.160. The average Bonchev–Trinajstić information content (AvgIpc) is 2.68. The summed E-state index contributed by atoms with van der Waals surface area (Å²) in [5, 5.41) is 6.58. The summed E-state index contributed by atoms with van der Waals surface area (Å²) in [6.45, 7) is 4.54. The maximum absolute atomic E-state index is 12.7. The van der Waals surface area contributed by atoms with E-state index in [0.29, 0.717) is 12.6 Å². The van der Waals surface area contributed by atoms with Gasteiger partial charge in [-0.1, -0.05) is 29.8 Å². The zero-order valence-electron chi connectivity index (χ0n) is 15.6. The standard InChI is InChI=1S/C21H28N4O/c1-16-3-5-17(6-4-16)21(18-7-11-22-12-8-18)24-20(26)15-25(2)19-9-13-23-14-10-19/h3-8,11-12,19,21,23H,9-10,13-15H2,1-2H3,(H,24,26)/t21-/m1/s1. The minimum Gasteiger partial charge on any atom is -0.344 e. The van der Waals surface area contributed by atoms with E-state index in [1.807, 2.05) is 19.2 Å². The van der Waals surface area contributed by atoms with E-state index < -0.39 is 0 Å². The van der Waals surface area contributed by atoms with Crippen LogP contribution in [0.4, 0.5) is 0 Å². The molecule has 2 aromatic rings. The third-order valence-corrected chi connectivity index (χ3v) is 5.08. The highest BCUT2D eigenvalue weighted by atomic mass is 16.2. The van der Waals surface area contributed by atoms with Gasteiger partial charge in [-0.05, 0) is 63.2 Å². The first kappa shape index (κ1) is 18.5. The lowest BCUT2D eigenvalue weighted by molar-refractivity contribution is -0.123. The monoisotopic (exact) mass is 352 g/mol. The van der Waals surface area contributed by atoms with Crippen LogP contribution in [0.15, 0.2) is 48.8 Å². The van der Waals surface area contributed by atoms with Crippen molar-refractivity contribution in [1.82, 2.24) is 20.5 Å². The maximum atomic E-state index is 12.7. The van der Waals surface area contributed by atoms with Crippen LogP contribution in [0, 0.1) is 6.92 Å². The second-order valence-electron chi connectivity index (χ2n) is 7.09. The van der Waals surface area contributed by atoms with Crippen LogP contribution in [-0.2, 0) is 4.79 Å². The Bertz CT molecular complexity index is 696. The fraction of sp³-hybridized carbons (Fsp3) is 0.429. The summed E-state index contributed by atoms with van der Waals surface area (Å²) in [5.74, 6) is 0.0495. The molecule has 0 spiro atoms. The average molecular weight is 352 g/mol. The number of hydrogen-bond donors (Lipinski definition) is 2. The van der Waals surface area contributed by atoms with Gasteiger partial charge in [0.2, 0.25) is 5.91 Å². The molecule has 1 aliphatic rings. The third-order valence-electron chi connectivity index (χ3n) is 5.08. The molecule has 1 aromatic heterocycles. The Balaban J connectivity index is 1.70. The van der Waals surface area contributed by atoms with Crippen LogP contribution in [-0.4, -0.2) is 48.5 Å². The summed E-state index contributed by atoms with van der Waals surface area (Å²) < 4.78 is 0. The predicted molar refractivity (Wildman–Crippen MR) is 104 cm³/mol. The zero-order valence-corrected chi connectivity index (χ0v) is 15.6. The van der Waals surface area contributed by atoms with Crippen molar-refractivity contribution in [2.24, 2.45) is 0 Å². The Morgan fingerprint density at radius 1 is 1.15 bits per heavy atom. The Morgan fingerprint density at radius 3 is 2.42 bits per heavy atom. The number of hydrogen-bond acceptors (Lipinski definition) is 4. The van der Waals surface area contributed by atoms with Gasteiger partial charge >= 0.3 is 0 Å². The summed E-state index contributed by atoms with van der Waals surface area (Å²) >= 11 is 0. The van der Waals surface area contributed by atoms with Gasteiger partial charge in [0.25, 0.3) is 0 Å². The summed E-state index contributed by atoms with van der Waals surface area (Å²) in [6.07, 6.45) is 5.72. The van der Waals surface area contributed by atoms with Crippen LogP contribution in [0.1, 0.15) is 35.6 Å². The van der Waals surface area contributed by atoms with Crippen molar-refractivity contribution in [3.8, 4) is 0 Å². The highest BCUT2D eigenvalue weighted by Crippen LogP contribution is 2.22. The van der Waals surface area contributed by atoms with Crippen molar-refractivity contribution < 1.29 is 4.79 Å². The van der Waals surface area contributed by atoms with Gasteiger partial charge < -0.3 is 10.6 Å². The SMILES string of the molecule is Cc1ccc([C@@H](NC(=O)CN(C)C2CCNCC2)c2ccncc2)cc1.